The molecular formula is C23H24N2. The van der Waals surface area contributed by atoms with Gasteiger partial charge >= 0.3 is 0 Å². The Morgan fingerprint density at radius 3 is 2.48 bits per heavy atom. The van der Waals surface area contributed by atoms with Crippen molar-refractivity contribution in [1.82, 2.24) is 0 Å². The van der Waals surface area contributed by atoms with Crippen LogP contribution in [0, 0.1) is 0 Å². The lowest BCUT2D eigenvalue weighted by atomic mass is 10.0. The van der Waals surface area contributed by atoms with E-state index in [1.165, 1.54) is 59.9 Å². The molecule has 0 spiro atoms. The molecule has 0 amide bonds. The van der Waals surface area contributed by atoms with Crippen LogP contribution in [-0.2, 0) is 6.54 Å². The van der Waals surface area contributed by atoms with Crippen LogP contribution in [0.4, 0.5) is 11.4 Å². The Balaban J connectivity index is 1.67. The van der Waals surface area contributed by atoms with Crippen molar-refractivity contribution < 1.29 is 0 Å². The molecule has 0 N–H and O–H groups in total. The maximum Gasteiger partial charge on any atom is 0.102 e. The van der Waals surface area contributed by atoms with Crippen molar-refractivity contribution in [2.45, 2.75) is 38.4 Å². The predicted molar refractivity (Wildman–Crippen MR) is 106 cm³/mol. The maximum atomic E-state index is 2.66. The molecule has 1 saturated heterocycles. The normalized spacial score (nSPS) is 20.1. The molecule has 2 aliphatic heterocycles. The van der Waals surface area contributed by atoms with Gasteiger partial charge in [-0.05, 0) is 42.3 Å². The highest BCUT2D eigenvalue weighted by molar-refractivity contribution is 5.94. The number of hydrogen-bond donors (Lipinski definition) is 0. The third-order valence-corrected chi connectivity index (χ3v) is 5.80. The number of nitrogens with zero attached hydrogens (tertiary/aromatic N) is 2. The van der Waals surface area contributed by atoms with Crippen LogP contribution in [0.2, 0.25) is 0 Å². The summed E-state index contributed by atoms with van der Waals surface area (Å²) in [5.41, 5.74) is 4.28. The average Bonchev–Trinajstić information content (AvgIpc) is 2.93. The van der Waals surface area contributed by atoms with Crippen LogP contribution >= 0.6 is 0 Å². The molecule has 0 aromatic heterocycles. The second kappa shape index (κ2) is 6.11. The van der Waals surface area contributed by atoms with Gasteiger partial charge in [-0.25, -0.2) is 0 Å². The zero-order chi connectivity index (χ0) is 16.6. The molecule has 2 heteroatoms. The highest BCUT2D eigenvalue weighted by Crippen LogP contribution is 2.39. The van der Waals surface area contributed by atoms with Crippen LogP contribution in [-0.4, -0.2) is 12.7 Å². The topological polar surface area (TPSA) is 6.48 Å². The summed E-state index contributed by atoms with van der Waals surface area (Å²) >= 11 is 0. The summed E-state index contributed by atoms with van der Waals surface area (Å²) in [6.07, 6.45) is 5.69. The molecule has 0 bridgehead atoms. The fourth-order valence-corrected chi connectivity index (χ4v) is 4.61. The average molecular weight is 328 g/mol. The van der Waals surface area contributed by atoms with Crippen molar-refractivity contribution in [3.05, 3.63) is 72.3 Å². The molecule has 1 unspecified atom stereocenters. The van der Waals surface area contributed by atoms with Gasteiger partial charge in [0.15, 0.2) is 0 Å². The van der Waals surface area contributed by atoms with E-state index in [4.69, 9.17) is 0 Å². The highest BCUT2D eigenvalue weighted by atomic mass is 15.4. The van der Waals surface area contributed by atoms with Crippen molar-refractivity contribution in [2.75, 3.05) is 16.3 Å². The number of para-hydroxylation sites is 1. The molecule has 0 aliphatic carbocycles. The Morgan fingerprint density at radius 1 is 0.680 bits per heavy atom. The van der Waals surface area contributed by atoms with Crippen molar-refractivity contribution in [3.8, 4) is 0 Å². The zero-order valence-corrected chi connectivity index (χ0v) is 14.6. The molecule has 2 heterocycles. The first kappa shape index (κ1) is 14.8. The second-order valence-corrected chi connectivity index (χ2v) is 7.28. The Labute approximate surface area is 149 Å². The third kappa shape index (κ3) is 2.48. The summed E-state index contributed by atoms with van der Waals surface area (Å²) in [6.45, 7) is 2.17. The number of anilines is 2. The van der Waals surface area contributed by atoms with Crippen molar-refractivity contribution in [2.24, 2.45) is 0 Å². The van der Waals surface area contributed by atoms with Crippen molar-refractivity contribution in [1.29, 1.82) is 0 Å². The summed E-state index contributed by atoms with van der Waals surface area (Å²) in [5.74, 6) is 0. The predicted octanol–water partition coefficient (Wildman–Crippen LogP) is 5.57. The van der Waals surface area contributed by atoms with Gasteiger partial charge in [-0.1, -0.05) is 61.0 Å². The first-order chi connectivity index (χ1) is 12.4. The minimum Gasteiger partial charge on any atom is -0.351 e. The smallest absolute Gasteiger partial charge is 0.102 e. The summed E-state index contributed by atoms with van der Waals surface area (Å²) < 4.78 is 0. The Hall–Kier alpha value is -2.48. The van der Waals surface area contributed by atoms with E-state index in [1.807, 2.05) is 0 Å². The van der Waals surface area contributed by atoms with E-state index in [0.29, 0.717) is 6.17 Å². The van der Waals surface area contributed by atoms with Crippen molar-refractivity contribution in [3.63, 3.8) is 0 Å². The number of fused-ring (bicyclic) bond motifs is 4. The molecule has 1 atom stereocenters. The Kier molecular flexibility index (Phi) is 3.62. The molecule has 0 saturated carbocycles. The molecule has 126 valence electrons. The minimum atomic E-state index is 0.475. The lowest BCUT2D eigenvalue weighted by Crippen LogP contribution is -2.51. The van der Waals surface area contributed by atoms with Gasteiger partial charge in [0, 0.05) is 29.9 Å². The van der Waals surface area contributed by atoms with Crippen LogP contribution in [0.5, 0.6) is 0 Å². The quantitative estimate of drug-likeness (QED) is 0.576. The summed E-state index contributed by atoms with van der Waals surface area (Å²) in [4.78, 5) is 5.31. The summed E-state index contributed by atoms with van der Waals surface area (Å²) in [5, 5.41) is 2.70. The van der Waals surface area contributed by atoms with E-state index in [2.05, 4.69) is 76.5 Å². The summed E-state index contributed by atoms with van der Waals surface area (Å²) in [7, 11) is 0. The lowest BCUT2D eigenvalue weighted by molar-refractivity contribution is 0.513. The van der Waals surface area contributed by atoms with E-state index in [-0.39, 0.29) is 0 Å². The van der Waals surface area contributed by atoms with Gasteiger partial charge < -0.3 is 9.80 Å². The number of hydrogen-bond acceptors (Lipinski definition) is 2. The van der Waals surface area contributed by atoms with Gasteiger partial charge in [0.2, 0.25) is 0 Å². The molecule has 0 radical (unpaired) electrons. The fourth-order valence-electron chi connectivity index (χ4n) is 4.61. The van der Waals surface area contributed by atoms with Gasteiger partial charge in [0.1, 0.15) is 6.17 Å². The molecule has 3 aromatic carbocycles. The molecule has 2 nitrogen and oxygen atoms in total. The number of rotatable bonds is 1. The largest absolute Gasteiger partial charge is 0.351 e. The van der Waals surface area contributed by atoms with Crippen molar-refractivity contribution >= 4 is 22.1 Å². The lowest BCUT2D eigenvalue weighted by Gasteiger charge is -2.47. The van der Waals surface area contributed by atoms with Gasteiger partial charge in [-0.15, -0.1) is 0 Å². The van der Waals surface area contributed by atoms with E-state index in [9.17, 15) is 0 Å². The summed E-state index contributed by atoms with van der Waals surface area (Å²) in [6, 6.07) is 24.5. The maximum absolute atomic E-state index is 2.66. The zero-order valence-electron chi connectivity index (χ0n) is 14.6. The molecule has 25 heavy (non-hydrogen) atoms. The van der Waals surface area contributed by atoms with Crippen LogP contribution in [0.15, 0.2) is 66.7 Å². The minimum absolute atomic E-state index is 0.475. The van der Waals surface area contributed by atoms with Crippen LogP contribution in [0.1, 0.15) is 31.2 Å². The van der Waals surface area contributed by atoms with Gasteiger partial charge in [0.05, 0.1) is 0 Å². The van der Waals surface area contributed by atoms with Crippen LogP contribution in [0.25, 0.3) is 10.8 Å². The molecule has 1 fully saturated rings. The van der Waals surface area contributed by atoms with Gasteiger partial charge in [-0.3, -0.25) is 0 Å². The van der Waals surface area contributed by atoms with E-state index < -0.39 is 0 Å². The fraction of sp³-hybridized carbons (Fsp3) is 0.304. The van der Waals surface area contributed by atoms with E-state index >= 15 is 0 Å². The van der Waals surface area contributed by atoms with Gasteiger partial charge in [-0.2, -0.15) is 0 Å². The van der Waals surface area contributed by atoms with Crippen LogP contribution in [0.3, 0.4) is 0 Å². The first-order valence-corrected chi connectivity index (χ1v) is 9.51. The second-order valence-electron chi connectivity index (χ2n) is 7.28. The van der Waals surface area contributed by atoms with Gasteiger partial charge in [0.25, 0.3) is 0 Å². The Bertz CT molecular complexity index is 896. The first-order valence-electron chi connectivity index (χ1n) is 9.51. The molecule has 2 aliphatic rings. The highest BCUT2D eigenvalue weighted by Gasteiger charge is 2.33. The van der Waals surface area contributed by atoms with Crippen LogP contribution < -0.4 is 9.80 Å². The third-order valence-electron chi connectivity index (χ3n) is 5.80. The molecule has 3 aromatic rings. The Morgan fingerprint density at radius 2 is 1.48 bits per heavy atom. The standard InChI is InChI=1S/C23H24N2/c1-2-15-23-24(16-7-1)21-13-6-4-10-19(21)17-25(23)22-14-8-11-18-9-3-5-12-20(18)22/h3-6,8-14,23H,1-2,7,15-17H2. The van der Waals surface area contributed by atoms with E-state index in [0.717, 1.165) is 6.54 Å². The molecular weight excluding hydrogens is 304 g/mol. The molecule has 5 rings (SSSR count). The number of benzene rings is 3. The monoisotopic (exact) mass is 328 g/mol. The van der Waals surface area contributed by atoms with E-state index in [1.54, 1.807) is 0 Å². The SMILES string of the molecule is c1ccc2c(c1)CN(c1cccc3ccccc13)C1CCCCCN21.